The summed E-state index contributed by atoms with van der Waals surface area (Å²) in [4.78, 5) is 0. The van der Waals surface area contributed by atoms with E-state index in [1.54, 1.807) is 7.11 Å². The maximum atomic E-state index is 5.63. The molecule has 0 aromatic heterocycles. The largest absolute Gasteiger partial charge is 0.493 e. The number of benzene rings is 1. The summed E-state index contributed by atoms with van der Waals surface area (Å²) in [6, 6.07) is 6.50. The second-order valence-corrected chi connectivity index (χ2v) is 4.45. The van der Waals surface area contributed by atoms with Gasteiger partial charge in [-0.05, 0) is 24.1 Å². The van der Waals surface area contributed by atoms with Crippen LogP contribution in [0.15, 0.2) is 30.9 Å². The van der Waals surface area contributed by atoms with Gasteiger partial charge in [0, 0.05) is 12.6 Å². The first-order valence-electron chi connectivity index (χ1n) is 6.31. The Morgan fingerprint density at radius 3 is 2.72 bits per heavy atom. The number of rotatable bonds is 8. The molecule has 1 aromatic carbocycles. The topological polar surface area (TPSA) is 30.5 Å². The van der Waals surface area contributed by atoms with Crippen molar-refractivity contribution in [3.63, 3.8) is 0 Å². The van der Waals surface area contributed by atoms with Crippen LogP contribution < -0.4 is 14.8 Å². The minimum absolute atomic E-state index is 0.472. The summed E-state index contributed by atoms with van der Waals surface area (Å²) in [6.45, 7) is 9.39. The third-order valence-electron chi connectivity index (χ3n) is 2.52. The number of hydrogen-bond acceptors (Lipinski definition) is 3. The van der Waals surface area contributed by atoms with Gasteiger partial charge in [0.1, 0.15) is 0 Å². The minimum atomic E-state index is 0.472. The lowest BCUT2D eigenvalue weighted by Crippen LogP contribution is -2.21. The molecule has 1 aromatic rings. The highest BCUT2D eigenvalue weighted by molar-refractivity contribution is 5.42. The van der Waals surface area contributed by atoms with Crippen LogP contribution in [0.25, 0.3) is 0 Å². The first-order valence-corrected chi connectivity index (χ1v) is 6.31. The molecule has 1 N–H and O–H groups in total. The van der Waals surface area contributed by atoms with Gasteiger partial charge >= 0.3 is 0 Å². The zero-order valence-corrected chi connectivity index (χ0v) is 11.5. The van der Waals surface area contributed by atoms with Crippen LogP contribution in [-0.4, -0.2) is 19.8 Å². The van der Waals surface area contributed by atoms with E-state index in [0.29, 0.717) is 12.6 Å². The maximum absolute atomic E-state index is 5.63. The van der Waals surface area contributed by atoms with Crippen LogP contribution in [-0.2, 0) is 6.54 Å². The second-order valence-electron chi connectivity index (χ2n) is 4.45. The van der Waals surface area contributed by atoms with Crippen molar-refractivity contribution in [3.8, 4) is 11.5 Å². The molecule has 0 aliphatic rings. The van der Waals surface area contributed by atoms with E-state index in [1.807, 2.05) is 18.2 Å². The van der Waals surface area contributed by atoms with Crippen LogP contribution in [0.4, 0.5) is 0 Å². The van der Waals surface area contributed by atoms with Crippen LogP contribution in [0.5, 0.6) is 11.5 Å². The lowest BCUT2D eigenvalue weighted by atomic mass is 10.2. The molecule has 0 spiro atoms. The van der Waals surface area contributed by atoms with Gasteiger partial charge in [-0.1, -0.05) is 26.0 Å². The number of nitrogens with one attached hydrogen (secondary N) is 1. The fourth-order valence-corrected chi connectivity index (χ4v) is 1.52. The Hall–Kier alpha value is -1.48. The Kier molecular flexibility index (Phi) is 6.29. The van der Waals surface area contributed by atoms with E-state index in [0.717, 1.165) is 24.5 Å². The van der Waals surface area contributed by atoms with E-state index < -0.39 is 0 Å². The SMILES string of the molecule is C=CCCOc1ccc(CNC(C)C)cc1OC. The van der Waals surface area contributed by atoms with Gasteiger partial charge in [-0.3, -0.25) is 0 Å². The molecule has 0 aliphatic heterocycles. The van der Waals surface area contributed by atoms with Crippen molar-refractivity contribution in [1.29, 1.82) is 0 Å². The molecule has 0 saturated carbocycles. The number of ether oxygens (including phenoxy) is 2. The normalized spacial score (nSPS) is 10.4. The predicted octanol–water partition coefficient (Wildman–Crippen LogP) is 3.15. The summed E-state index contributed by atoms with van der Waals surface area (Å²) >= 11 is 0. The molecule has 100 valence electrons. The summed E-state index contributed by atoms with van der Waals surface area (Å²) in [7, 11) is 1.66. The molecule has 1 rings (SSSR count). The lowest BCUT2D eigenvalue weighted by Gasteiger charge is -2.13. The summed E-state index contributed by atoms with van der Waals surface area (Å²) in [6.07, 6.45) is 2.67. The van der Waals surface area contributed by atoms with Crippen LogP contribution in [0, 0.1) is 0 Å². The molecule has 0 amide bonds. The van der Waals surface area contributed by atoms with Crippen LogP contribution in [0.1, 0.15) is 25.8 Å². The van der Waals surface area contributed by atoms with Crippen LogP contribution >= 0.6 is 0 Å². The minimum Gasteiger partial charge on any atom is -0.493 e. The van der Waals surface area contributed by atoms with Crippen molar-refractivity contribution in [2.24, 2.45) is 0 Å². The smallest absolute Gasteiger partial charge is 0.161 e. The van der Waals surface area contributed by atoms with E-state index in [9.17, 15) is 0 Å². The zero-order chi connectivity index (χ0) is 13.4. The third-order valence-corrected chi connectivity index (χ3v) is 2.52. The quantitative estimate of drug-likeness (QED) is 0.567. The first kappa shape index (κ1) is 14.6. The van der Waals surface area contributed by atoms with Gasteiger partial charge in [-0.15, -0.1) is 6.58 Å². The van der Waals surface area contributed by atoms with Crippen LogP contribution in [0.3, 0.4) is 0 Å². The molecular formula is C15H23NO2. The van der Waals surface area contributed by atoms with Gasteiger partial charge in [0.15, 0.2) is 11.5 Å². The van der Waals surface area contributed by atoms with Gasteiger partial charge in [0.2, 0.25) is 0 Å². The monoisotopic (exact) mass is 249 g/mol. The molecule has 0 atom stereocenters. The van der Waals surface area contributed by atoms with Crippen LogP contribution in [0.2, 0.25) is 0 Å². The Labute approximate surface area is 110 Å². The average molecular weight is 249 g/mol. The van der Waals surface area contributed by atoms with Gasteiger partial charge in [-0.25, -0.2) is 0 Å². The Bertz CT molecular complexity index is 375. The highest BCUT2D eigenvalue weighted by Crippen LogP contribution is 2.28. The van der Waals surface area contributed by atoms with E-state index in [-0.39, 0.29) is 0 Å². The maximum Gasteiger partial charge on any atom is 0.161 e. The van der Waals surface area contributed by atoms with Crippen molar-refractivity contribution < 1.29 is 9.47 Å². The second kappa shape index (κ2) is 7.77. The molecule has 18 heavy (non-hydrogen) atoms. The molecular weight excluding hydrogens is 226 g/mol. The van der Waals surface area contributed by atoms with Gasteiger partial charge in [0.25, 0.3) is 0 Å². The molecule has 0 fully saturated rings. The summed E-state index contributed by atoms with van der Waals surface area (Å²) in [5.74, 6) is 1.56. The fraction of sp³-hybridized carbons (Fsp3) is 0.467. The molecule has 3 nitrogen and oxygen atoms in total. The van der Waals surface area contributed by atoms with Crippen molar-refractivity contribution in [2.75, 3.05) is 13.7 Å². The molecule has 3 heteroatoms. The van der Waals surface area contributed by atoms with Crippen molar-refractivity contribution in [3.05, 3.63) is 36.4 Å². The number of methoxy groups -OCH3 is 1. The summed E-state index contributed by atoms with van der Waals surface area (Å²) < 4.78 is 11.0. The lowest BCUT2D eigenvalue weighted by molar-refractivity contribution is 0.299. The Morgan fingerprint density at radius 2 is 2.11 bits per heavy atom. The summed E-state index contributed by atoms with van der Waals surface area (Å²) in [5, 5.41) is 3.38. The van der Waals surface area contributed by atoms with Crippen molar-refractivity contribution in [2.45, 2.75) is 32.9 Å². The highest BCUT2D eigenvalue weighted by Gasteiger charge is 2.05. The molecule has 0 unspecified atom stereocenters. The van der Waals surface area contributed by atoms with Crippen molar-refractivity contribution >= 4 is 0 Å². The third kappa shape index (κ3) is 4.80. The fourth-order valence-electron chi connectivity index (χ4n) is 1.52. The van der Waals surface area contributed by atoms with Gasteiger partial charge in [0.05, 0.1) is 13.7 Å². The van der Waals surface area contributed by atoms with Gasteiger partial charge in [-0.2, -0.15) is 0 Å². The molecule has 0 aliphatic carbocycles. The van der Waals surface area contributed by atoms with E-state index in [2.05, 4.69) is 31.8 Å². The molecule has 0 heterocycles. The Balaban J connectivity index is 2.66. The zero-order valence-electron chi connectivity index (χ0n) is 11.5. The van der Waals surface area contributed by atoms with E-state index in [1.165, 1.54) is 5.56 Å². The average Bonchev–Trinajstić information content (AvgIpc) is 2.37. The molecule has 0 radical (unpaired) electrons. The van der Waals surface area contributed by atoms with E-state index >= 15 is 0 Å². The predicted molar refractivity (Wildman–Crippen MR) is 75.3 cm³/mol. The van der Waals surface area contributed by atoms with Crippen molar-refractivity contribution in [1.82, 2.24) is 5.32 Å². The number of hydrogen-bond donors (Lipinski definition) is 1. The van der Waals surface area contributed by atoms with E-state index in [4.69, 9.17) is 9.47 Å². The Morgan fingerprint density at radius 1 is 1.33 bits per heavy atom. The standard InChI is InChI=1S/C15H23NO2/c1-5-6-9-18-14-8-7-13(10-15(14)17-4)11-16-12(2)3/h5,7-8,10,12,16H,1,6,9,11H2,2-4H3. The summed E-state index contributed by atoms with van der Waals surface area (Å²) in [5.41, 5.74) is 1.19. The van der Waals surface area contributed by atoms with Gasteiger partial charge < -0.3 is 14.8 Å². The molecule has 0 bridgehead atoms. The highest BCUT2D eigenvalue weighted by atomic mass is 16.5. The molecule has 0 saturated heterocycles. The first-order chi connectivity index (χ1) is 8.67.